The Kier molecular flexibility index (Phi) is 12.0. The largest absolute Gasteiger partial charge is 0.289 e. The van der Waals surface area contributed by atoms with Crippen molar-refractivity contribution in [1.29, 1.82) is 0 Å². The molecule has 260 valence electrons. The predicted molar refractivity (Wildman–Crippen MR) is 198 cm³/mol. The van der Waals surface area contributed by atoms with Crippen LogP contribution < -0.4 is 16.2 Å². The maximum atomic E-state index is 15.5. The molecule has 2 atom stereocenters. The van der Waals surface area contributed by atoms with E-state index in [1.807, 2.05) is 82.3 Å². The molecular formula is C38H46F3N7S. The minimum Gasteiger partial charge on any atom is -0.289 e. The van der Waals surface area contributed by atoms with E-state index in [1.54, 1.807) is 48.9 Å². The van der Waals surface area contributed by atoms with Gasteiger partial charge in [0.05, 0.1) is 17.1 Å². The Bertz CT molecular complexity index is 1820. The van der Waals surface area contributed by atoms with E-state index in [2.05, 4.69) is 27.9 Å². The Balaban J connectivity index is 0.00000103. The first kappa shape index (κ1) is 37.6. The number of halogens is 3. The number of thioether (sulfide) groups is 1. The lowest BCUT2D eigenvalue weighted by atomic mass is 9.89. The molecule has 0 saturated carbocycles. The molecule has 7 nitrogen and oxygen atoms in total. The van der Waals surface area contributed by atoms with Crippen LogP contribution in [0.3, 0.4) is 0 Å². The highest BCUT2D eigenvalue weighted by Gasteiger charge is 2.46. The number of aromatic nitrogens is 3. The van der Waals surface area contributed by atoms with E-state index in [1.165, 1.54) is 18.7 Å². The van der Waals surface area contributed by atoms with Gasteiger partial charge in [-0.05, 0) is 69.6 Å². The number of hydrogen-bond acceptors (Lipinski definition) is 6. The van der Waals surface area contributed by atoms with Crippen molar-refractivity contribution in [3.05, 3.63) is 119 Å². The minimum absolute atomic E-state index is 0.124. The van der Waals surface area contributed by atoms with Crippen molar-refractivity contribution in [2.75, 3.05) is 17.7 Å². The summed E-state index contributed by atoms with van der Waals surface area (Å²) in [4.78, 5) is 11.1. The molecule has 2 aliphatic heterocycles. The molecule has 0 aliphatic carbocycles. The molecule has 2 aliphatic rings. The number of rotatable bonds is 7. The van der Waals surface area contributed by atoms with Crippen LogP contribution in [-0.2, 0) is 12.1 Å². The fraction of sp³-hybridized carbons (Fsp3) is 0.342. The number of hydrazine groups is 1. The quantitative estimate of drug-likeness (QED) is 0.149. The van der Waals surface area contributed by atoms with Crippen LogP contribution in [0.15, 0.2) is 102 Å². The maximum Gasteiger partial charge on any atom is 0.188 e. The van der Waals surface area contributed by atoms with Crippen molar-refractivity contribution in [2.45, 2.75) is 72.1 Å². The second-order valence-corrected chi connectivity index (χ2v) is 13.4. The molecule has 0 bridgehead atoms. The molecule has 1 fully saturated rings. The van der Waals surface area contributed by atoms with E-state index < -0.39 is 17.2 Å². The molecule has 49 heavy (non-hydrogen) atoms. The molecule has 3 N–H and O–H groups in total. The van der Waals surface area contributed by atoms with Gasteiger partial charge in [-0.25, -0.2) is 27.8 Å². The van der Waals surface area contributed by atoms with Crippen molar-refractivity contribution in [2.24, 2.45) is 10.8 Å². The zero-order chi connectivity index (χ0) is 36.1. The summed E-state index contributed by atoms with van der Waals surface area (Å²) in [7, 11) is 1.65. The van der Waals surface area contributed by atoms with E-state index in [9.17, 15) is 4.39 Å². The number of benzene rings is 3. The molecule has 0 amide bonds. The first-order valence-corrected chi connectivity index (χ1v) is 17.3. The molecular weight excluding hydrogens is 644 g/mol. The van der Waals surface area contributed by atoms with Gasteiger partial charge in [-0.15, -0.1) is 5.10 Å². The summed E-state index contributed by atoms with van der Waals surface area (Å²) >= 11 is 1.38. The number of fused-ring (bicyclic) bond motifs is 3. The van der Waals surface area contributed by atoms with Crippen LogP contribution in [0.5, 0.6) is 0 Å². The Hall–Kier alpha value is -4.19. The van der Waals surface area contributed by atoms with Crippen LogP contribution in [0, 0.1) is 6.92 Å². The number of anilines is 1. The first-order chi connectivity index (χ1) is 23.2. The fourth-order valence-corrected chi connectivity index (χ4v) is 6.63. The molecule has 3 heterocycles. The van der Waals surface area contributed by atoms with Gasteiger partial charge in [-0.3, -0.25) is 16.2 Å². The van der Waals surface area contributed by atoms with Crippen molar-refractivity contribution in [3.63, 3.8) is 0 Å². The van der Waals surface area contributed by atoms with Gasteiger partial charge in [0.15, 0.2) is 22.5 Å². The molecule has 0 spiro atoms. The number of hydrogen-bond donors (Lipinski definition) is 2. The van der Waals surface area contributed by atoms with Crippen LogP contribution in [0.4, 0.5) is 18.9 Å². The smallest absolute Gasteiger partial charge is 0.188 e. The van der Waals surface area contributed by atoms with Crippen LogP contribution in [-0.4, -0.2) is 38.4 Å². The third kappa shape index (κ3) is 8.34. The molecule has 4 aromatic rings. The van der Waals surface area contributed by atoms with Crippen molar-refractivity contribution >= 4 is 22.6 Å². The fourth-order valence-electron chi connectivity index (χ4n) is 5.59. The summed E-state index contributed by atoms with van der Waals surface area (Å²) in [6.07, 6.45) is 2.01. The zero-order valence-corrected chi connectivity index (χ0v) is 30.3. The molecule has 1 saturated heterocycles. The van der Waals surface area contributed by atoms with E-state index in [0.717, 1.165) is 27.9 Å². The summed E-state index contributed by atoms with van der Waals surface area (Å²) in [5, 5.41) is 5.22. The van der Waals surface area contributed by atoms with Crippen LogP contribution >= 0.6 is 11.8 Å². The van der Waals surface area contributed by atoms with Crippen molar-refractivity contribution < 1.29 is 13.2 Å². The van der Waals surface area contributed by atoms with Gasteiger partial charge in [-0.2, -0.15) is 0 Å². The molecule has 11 heteroatoms. The van der Waals surface area contributed by atoms with E-state index in [-0.39, 0.29) is 5.92 Å². The minimum atomic E-state index is -2.18. The molecule has 6 rings (SSSR count). The highest BCUT2D eigenvalue weighted by molar-refractivity contribution is 8.14. The summed E-state index contributed by atoms with van der Waals surface area (Å²) in [5.41, 5.74) is 5.22. The highest BCUT2D eigenvalue weighted by atomic mass is 32.2. The summed E-state index contributed by atoms with van der Waals surface area (Å²) < 4.78 is 46.5. The lowest BCUT2D eigenvalue weighted by Gasteiger charge is -2.34. The van der Waals surface area contributed by atoms with Gasteiger partial charge in [-0.1, -0.05) is 87.6 Å². The topological polar surface area (TPSA) is 84.4 Å². The second-order valence-electron chi connectivity index (χ2n) is 12.5. The number of aryl methyl sites for hydroxylation is 1. The number of nitrogens with one attached hydrogen (secondary N) is 1. The van der Waals surface area contributed by atoms with Crippen LogP contribution in [0.25, 0.3) is 17.1 Å². The van der Waals surface area contributed by atoms with Crippen molar-refractivity contribution in [1.82, 2.24) is 20.2 Å². The number of allylic oxidation sites excluding steroid dienone is 2. The lowest BCUT2D eigenvalue weighted by molar-refractivity contribution is 0.195. The zero-order valence-electron chi connectivity index (χ0n) is 29.5. The number of alkyl halides is 2. The maximum absolute atomic E-state index is 15.5. The molecule has 1 aromatic heterocycles. The Morgan fingerprint density at radius 1 is 1.12 bits per heavy atom. The monoisotopic (exact) mass is 689 g/mol. The van der Waals surface area contributed by atoms with Crippen molar-refractivity contribution in [3.8, 4) is 17.1 Å². The third-order valence-corrected chi connectivity index (χ3v) is 9.04. The van der Waals surface area contributed by atoms with Crippen LogP contribution in [0.1, 0.15) is 69.7 Å². The van der Waals surface area contributed by atoms with Gasteiger partial charge < -0.3 is 0 Å². The third-order valence-electron chi connectivity index (χ3n) is 8.09. The number of amidine groups is 1. The first-order valence-electron chi connectivity index (χ1n) is 16.3. The number of aliphatic imine (C=N–C) groups is 1. The van der Waals surface area contributed by atoms with Gasteiger partial charge in [0.25, 0.3) is 0 Å². The average Bonchev–Trinajstić information content (AvgIpc) is 3.73. The molecule has 2 unspecified atom stereocenters. The molecule has 0 radical (unpaired) electrons. The summed E-state index contributed by atoms with van der Waals surface area (Å²) in [6.45, 7) is 16.6. The Morgan fingerprint density at radius 2 is 1.76 bits per heavy atom. The van der Waals surface area contributed by atoms with E-state index in [0.29, 0.717) is 45.8 Å². The van der Waals surface area contributed by atoms with Gasteiger partial charge in [0.2, 0.25) is 0 Å². The van der Waals surface area contributed by atoms with Gasteiger partial charge in [0.1, 0.15) is 12.0 Å². The Morgan fingerprint density at radius 3 is 2.37 bits per heavy atom. The van der Waals surface area contributed by atoms with E-state index in [4.69, 9.17) is 4.99 Å². The summed E-state index contributed by atoms with van der Waals surface area (Å²) in [5.74, 6) is 4.59. The second kappa shape index (κ2) is 15.6. The number of nitrogens with zero attached hydrogens (tertiary/aromatic N) is 5. The van der Waals surface area contributed by atoms with E-state index >= 15 is 8.78 Å². The van der Waals surface area contributed by atoms with Crippen LogP contribution in [0.2, 0.25) is 0 Å². The predicted octanol–water partition coefficient (Wildman–Crippen LogP) is 9.25. The lowest BCUT2D eigenvalue weighted by Crippen LogP contribution is -2.34. The number of nitrogens with two attached hydrogens (primary N) is 1. The SMILES string of the molecule is C=C(N=C1SCC2=C(F)C(C)(F)c3ccc(C)cc3N12)C(C)c1ccc(-c2ncn(-c3ccc(CC(C)(C)F)cc3)n2)cc1.CC.CNN. The van der Waals surface area contributed by atoms with Gasteiger partial charge >= 0.3 is 0 Å². The van der Waals surface area contributed by atoms with Gasteiger partial charge in [0, 0.05) is 34.9 Å². The Labute approximate surface area is 292 Å². The molecule has 3 aromatic carbocycles. The average molecular weight is 690 g/mol. The standard InChI is InChI=1S/C35H34F3N5S.C2H6.CH6N2/c1-21-7-16-28-29(17-21)43-30(31(36)35(28,6)38)19-44-33(43)40-23(3)22(2)25-10-12-26(13-11-25)32-39-20-42(41-32)27-14-8-24(9-15-27)18-34(4,5)37;1-2;1-3-2/h7-17,20,22H,3,18-19H2,1-2,4-6H3;1-2H3;3H,2H2,1H3. The normalized spacial score (nSPS) is 18.2. The summed E-state index contributed by atoms with van der Waals surface area (Å²) in [6, 6.07) is 20.9. The highest BCUT2D eigenvalue weighted by Crippen LogP contribution is 2.51.